The van der Waals surface area contributed by atoms with E-state index < -0.39 is 0 Å². The lowest BCUT2D eigenvalue weighted by Crippen LogP contribution is -2.24. The second-order valence-corrected chi connectivity index (χ2v) is 7.55. The largest absolute Gasteiger partial charge is 0.467 e. The third kappa shape index (κ3) is 4.70. The molecule has 0 spiro atoms. The smallest absolute Gasteiger partial charge is 0.253 e. The molecule has 4 aromatic rings. The van der Waals surface area contributed by atoms with Gasteiger partial charge in [-0.1, -0.05) is 24.3 Å². The van der Waals surface area contributed by atoms with Gasteiger partial charge in [-0.15, -0.1) is 11.3 Å². The number of para-hydroxylation sites is 2. The average molecular weight is 405 g/mol. The maximum atomic E-state index is 12.5. The minimum atomic E-state index is -0.275. The third-order valence-corrected chi connectivity index (χ3v) is 5.45. The number of thiazole rings is 1. The van der Waals surface area contributed by atoms with Gasteiger partial charge in [0.15, 0.2) is 0 Å². The molecule has 0 unspecified atom stereocenters. The number of carbonyl (C=O) groups excluding carboxylic acids is 2. The molecule has 0 radical (unpaired) electrons. The van der Waals surface area contributed by atoms with Gasteiger partial charge < -0.3 is 15.1 Å². The zero-order chi connectivity index (χ0) is 20.1. The highest BCUT2D eigenvalue weighted by Crippen LogP contribution is 2.23. The number of nitrogens with one attached hydrogen (secondary N) is 2. The second kappa shape index (κ2) is 8.70. The van der Waals surface area contributed by atoms with E-state index in [-0.39, 0.29) is 18.4 Å². The van der Waals surface area contributed by atoms with Crippen LogP contribution in [0.2, 0.25) is 0 Å². The average Bonchev–Trinajstić information content (AvgIpc) is 3.40. The molecule has 0 aliphatic heterocycles. The van der Waals surface area contributed by atoms with Crippen LogP contribution >= 0.6 is 11.3 Å². The van der Waals surface area contributed by atoms with E-state index in [0.29, 0.717) is 29.9 Å². The van der Waals surface area contributed by atoms with Crippen molar-refractivity contribution in [3.8, 4) is 0 Å². The maximum Gasteiger partial charge on any atom is 0.253 e. The lowest BCUT2D eigenvalue weighted by molar-refractivity contribution is -0.116. The van der Waals surface area contributed by atoms with E-state index in [2.05, 4.69) is 15.6 Å². The van der Waals surface area contributed by atoms with Gasteiger partial charge >= 0.3 is 0 Å². The summed E-state index contributed by atoms with van der Waals surface area (Å²) in [7, 11) is 0. The number of furan rings is 1. The second-order valence-electron chi connectivity index (χ2n) is 6.43. The molecule has 7 heteroatoms. The molecule has 0 aliphatic carbocycles. The number of anilines is 1. The number of aryl methyl sites for hydroxylation is 1. The molecule has 2 aromatic heterocycles. The molecule has 0 atom stereocenters. The lowest BCUT2D eigenvalue weighted by Gasteiger charge is -2.11. The highest BCUT2D eigenvalue weighted by atomic mass is 32.1. The first kappa shape index (κ1) is 18.9. The molecular weight excluding hydrogens is 386 g/mol. The minimum absolute atomic E-state index is 0.157. The van der Waals surface area contributed by atoms with Gasteiger partial charge in [-0.2, -0.15) is 0 Å². The van der Waals surface area contributed by atoms with Gasteiger partial charge in [0.25, 0.3) is 5.91 Å². The van der Waals surface area contributed by atoms with Gasteiger partial charge in [0.2, 0.25) is 5.91 Å². The van der Waals surface area contributed by atoms with Gasteiger partial charge in [-0.3, -0.25) is 9.59 Å². The summed E-state index contributed by atoms with van der Waals surface area (Å²) in [5.74, 6) is 0.231. The topological polar surface area (TPSA) is 84.2 Å². The molecule has 29 heavy (non-hydrogen) atoms. The zero-order valence-corrected chi connectivity index (χ0v) is 16.4. The normalized spacial score (nSPS) is 10.8. The molecule has 146 valence electrons. The van der Waals surface area contributed by atoms with Crippen molar-refractivity contribution in [3.05, 3.63) is 83.3 Å². The van der Waals surface area contributed by atoms with Crippen LogP contribution in [-0.4, -0.2) is 16.8 Å². The van der Waals surface area contributed by atoms with Crippen LogP contribution in [0.25, 0.3) is 10.2 Å². The fourth-order valence-electron chi connectivity index (χ4n) is 2.93. The Hall–Kier alpha value is -3.45. The number of fused-ring (bicyclic) bond motifs is 1. The summed E-state index contributed by atoms with van der Waals surface area (Å²) in [6, 6.07) is 18.4. The van der Waals surface area contributed by atoms with E-state index in [1.165, 1.54) is 0 Å². The van der Waals surface area contributed by atoms with E-state index >= 15 is 0 Å². The van der Waals surface area contributed by atoms with E-state index in [9.17, 15) is 9.59 Å². The summed E-state index contributed by atoms with van der Waals surface area (Å²) >= 11 is 1.59. The zero-order valence-electron chi connectivity index (χ0n) is 15.6. The molecule has 2 heterocycles. The summed E-state index contributed by atoms with van der Waals surface area (Å²) in [4.78, 5) is 29.5. The number of amides is 2. The Morgan fingerprint density at radius 2 is 1.83 bits per heavy atom. The molecule has 0 aliphatic rings. The van der Waals surface area contributed by atoms with Crippen molar-refractivity contribution in [2.24, 2.45) is 0 Å². The standard InChI is InChI=1S/C22H19N3O3S/c26-20(11-12-21-25-18-9-3-4-10-19(18)29-21)24-17-8-2-1-7-16(17)22(27)23-14-15-6-5-13-28-15/h1-10,13H,11-12,14H2,(H,23,27)(H,24,26). The number of benzene rings is 2. The Balaban J connectivity index is 1.37. The van der Waals surface area contributed by atoms with Gasteiger partial charge in [0.05, 0.1) is 39.3 Å². The Kier molecular flexibility index (Phi) is 5.67. The fourth-order valence-corrected chi connectivity index (χ4v) is 3.89. The first-order valence-electron chi connectivity index (χ1n) is 9.23. The van der Waals surface area contributed by atoms with E-state index in [4.69, 9.17) is 4.42 Å². The van der Waals surface area contributed by atoms with E-state index in [1.54, 1.807) is 54.0 Å². The molecule has 2 aromatic carbocycles. The number of hydrogen-bond acceptors (Lipinski definition) is 5. The van der Waals surface area contributed by atoms with Crippen LogP contribution < -0.4 is 10.6 Å². The highest BCUT2D eigenvalue weighted by Gasteiger charge is 2.14. The number of hydrogen-bond donors (Lipinski definition) is 2. The van der Waals surface area contributed by atoms with E-state index in [1.807, 2.05) is 24.3 Å². The fraction of sp³-hybridized carbons (Fsp3) is 0.136. The van der Waals surface area contributed by atoms with Crippen LogP contribution in [0.4, 0.5) is 5.69 Å². The summed E-state index contributed by atoms with van der Waals surface area (Å²) in [6.45, 7) is 0.283. The van der Waals surface area contributed by atoms with Gasteiger partial charge in [-0.05, 0) is 36.4 Å². The van der Waals surface area contributed by atoms with Crippen molar-refractivity contribution >= 4 is 39.1 Å². The number of rotatable bonds is 7. The van der Waals surface area contributed by atoms with Crippen molar-refractivity contribution < 1.29 is 14.0 Å². The predicted octanol–water partition coefficient (Wildman–Crippen LogP) is 4.39. The first-order chi connectivity index (χ1) is 14.2. The van der Waals surface area contributed by atoms with Crippen LogP contribution in [0.5, 0.6) is 0 Å². The summed E-state index contributed by atoms with van der Waals surface area (Å²) in [5, 5.41) is 6.56. The number of aromatic nitrogens is 1. The van der Waals surface area contributed by atoms with Crippen molar-refractivity contribution in [1.29, 1.82) is 0 Å². The van der Waals surface area contributed by atoms with Gasteiger partial charge in [0, 0.05) is 12.8 Å². The van der Waals surface area contributed by atoms with Crippen LogP contribution in [0, 0.1) is 0 Å². The molecule has 0 fully saturated rings. The lowest BCUT2D eigenvalue weighted by atomic mass is 10.1. The molecule has 2 amide bonds. The molecule has 0 bridgehead atoms. The summed E-state index contributed by atoms with van der Waals surface area (Å²) in [6.07, 6.45) is 2.40. The minimum Gasteiger partial charge on any atom is -0.467 e. The van der Waals surface area contributed by atoms with Crippen LogP contribution in [0.3, 0.4) is 0 Å². The molecule has 0 saturated carbocycles. The summed E-state index contributed by atoms with van der Waals surface area (Å²) < 4.78 is 6.33. The number of carbonyl (C=O) groups is 2. The van der Waals surface area contributed by atoms with Crippen LogP contribution in [0.15, 0.2) is 71.3 Å². The molecular formula is C22H19N3O3S. The Morgan fingerprint density at radius 1 is 1.00 bits per heavy atom. The van der Waals surface area contributed by atoms with Crippen molar-refractivity contribution in [1.82, 2.24) is 10.3 Å². The van der Waals surface area contributed by atoms with Crippen molar-refractivity contribution in [2.75, 3.05) is 5.32 Å². The predicted molar refractivity (Wildman–Crippen MR) is 113 cm³/mol. The molecule has 4 rings (SSSR count). The molecule has 2 N–H and O–H groups in total. The molecule has 0 saturated heterocycles. The Labute approximate surface area is 171 Å². The first-order valence-corrected chi connectivity index (χ1v) is 10.0. The van der Waals surface area contributed by atoms with Crippen LogP contribution in [0.1, 0.15) is 27.5 Å². The van der Waals surface area contributed by atoms with Crippen molar-refractivity contribution in [2.45, 2.75) is 19.4 Å². The van der Waals surface area contributed by atoms with Crippen molar-refractivity contribution in [3.63, 3.8) is 0 Å². The monoisotopic (exact) mass is 405 g/mol. The Bertz CT molecular complexity index is 1100. The maximum absolute atomic E-state index is 12.5. The Morgan fingerprint density at radius 3 is 2.66 bits per heavy atom. The van der Waals surface area contributed by atoms with E-state index in [0.717, 1.165) is 15.2 Å². The quantitative estimate of drug-likeness (QED) is 0.478. The SMILES string of the molecule is O=C(CCc1nc2ccccc2s1)Nc1ccccc1C(=O)NCc1ccco1. The summed E-state index contributed by atoms with van der Waals surface area (Å²) in [5.41, 5.74) is 1.85. The highest BCUT2D eigenvalue weighted by molar-refractivity contribution is 7.18. The third-order valence-electron chi connectivity index (χ3n) is 4.35. The van der Waals surface area contributed by atoms with Crippen LogP contribution in [-0.2, 0) is 17.8 Å². The number of nitrogens with zero attached hydrogens (tertiary/aromatic N) is 1. The molecule has 6 nitrogen and oxygen atoms in total. The van der Waals surface area contributed by atoms with Gasteiger partial charge in [-0.25, -0.2) is 4.98 Å². The van der Waals surface area contributed by atoms with Gasteiger partial charge in [0.1, 0.15) is 5.76 Å².